The summed E-state index contributed by atoms with van der Waals surface area (Å²) in [5, 5.41) is 34.7. The molecule has 0 aromatic rings. The van der Waals surface area contributed by atoms with Crippen molar-refractivity contribution < 1.29 is 15.3 Å². The summed E-state index contributed by atoms with van der Waals surface area (Å²) in [6, 6.07) is 0. The fourth-order valence-electron chi connectivity index (χ4n) is 0.897. The number of hydrazone groups is 2. The van der Waals surface area contributed by atoms with E-state index in [9.17, 15) is 10.2 Å². The van der Waals surface area contributed by atoms with Crippen molar-refractivity contribution in [2.45, 2.75) is 18.6 Å². The lowest BCUT2D eigenvalue weighted by Crippen LogP contribution is -2.33. The van der Waals surface area contributed by atoms with E-state index in [1.54, 1.807) is 0 Å². The molecule has 0 unspecified atom stereocenters. The molecule has 0 aliphatic rings. The van der Waals surface area contributed by atoms with Crippen LogP contribution in [0.15, 0.2) is 10.2 Å². The van der Waals surface area contributed by atoms with E-state index in [2.05, 4.69) is 45.5 Å². The minimum Gasteiger partial charge on any atom is -0.394 e. The van der Waals surface area contributed by atoms with Gasteiger partial charge < -0.3 is 26.8 Å². The lowest BCUT2D eigenvalue weighted by atomic mass is 10.1. The second kappa shape index (κ2) is 9.52. The van der Waals surface area contributed by atoms with E-state index >= 15 is 0 Å². The number of aliphatic hydroxyl groups is 3. The molecule has 0 aromatic heterocycles. The number of thiocarbonyl (C=S) groups is 2. The number of hydrogen-bond acceptors (Lipinski definition) is 7. The lowest BCUT2D eigenvalue weighted by Gasteiger charge is -2.15. The average Bonchev–Trinajstić information content (AvgIpc) is 2.33. The van der Waals surface area contributed by atoms with E-state index in [0.717, 1.165) is 0 Å². The van der Waals surface area contributed by atoms with Crippen molar-refractivity contribution in [3.05, 3.63) is 0 Å². The van der Waals surface area contributed by atoms with Crippen molar-refractivity contribution in [1.29, 1.82) is 0 Å². The van der Waals surface area contributed by atoms with Crippen molar-refractivity contribution in [2.24, 2.45) is 21.7 Å². The highest BCUT2D eigenvalue weighted by Gasteiger charge is 2.17. The summed E-state index contributed by atoms with van der Waals surface area (Å²) in [6.45, 7) is -0.584. The summed E-state index contributed by atoms with van der Waals surface area (Å²) >= 11 is 9.10. The Morgan fingerprint density at radius 3 is 2.21 bits per heavy atom. The molecule has 0 amide bonds. The maximum Gasteiger partial charge on any atom is 0.184 e. The van der Waals surface area contributed by atoms with Crippen LogP contribution in [0, 0.1) is 0 Å². The topological polar surface area (TPSA) is 162 Å². The van der Waals surface area contributed by atoms with Gasteiger partial charge in [-0.3, -0.25) is 10.9 Å². The van der Waals surface area contributed by atoms with Crippen molar-refractivity contribution in [3.63, 3.8) is 0 Å². The molecule has 0 bridgehead atoms. The predicted molar refractivity (Wildman–Crippen MR) is 79.5 cm³/mol. The summed E-state index contributed by atoms with van der Waals surface area (Å²) in [7, 11) is 0. The average molecular weight is 308 g/mol. The van der Waals surface area contributed by atoms with E-state index in [0.29, 0.717) is 0 Å². The molecule has 0 aliphatic heterocycles. The van der Waals surface area contributed by atoms with E-state index < -0.39 is 18.8 Å². The molecule has 0 rings (SSSR count). The molecule has 0 saturated heterocycles. The summed E-state index contributed by atoms with van der Waals surface area (Å²) < 4.78 is 0. The Kier molecular flexibility index (Phi) is 8.82. The Morgan fingerprint density at radius 2 is 1.74 bits per heavy atom. The number of nitrogens with one attached hydrogen (secondary N) is 2. The van der Waals surface area contributed by atoms with Crippen LogP contribution in [0.25, 0.3) is 0 Å². The number of aliphatic hydroxyl groups excluding tert-OH is 3. The predicted octanol–water partition coefficient (Wildman–Crippen LogP) is -2.90. The molecule has 108 valence electrons. The van der Waals surface area contributed by atoms with Gasteiger partial charge in [-0.1, -0.05) is 0 Å². The number of rotatable bonds is 7. The molecular weight excluding hydrogens is 292 g/mol. The van der Waals surface area contributed by atoms with Gasteiger partial charge in [0.15, 0.2) is 10.2 Å². The Labute approximate surface area is 120 Å². The maximum absolute atomic E-state index is 9.55. The van der Waals surface area contributed by atoms with Crippen LogP contribution in [0.3, 0.4) is 0 Å². The number of nitrogens with zero attached hydrogens (tertiary/aromatic N) is 2. The number of hydrogen-bond donors (Lipinski definition) is 7. The molecule has 11 heteroatoms. The monoisotopic (exact) mass is 308 g/mol. The van der Waals surface area contributed by atoms with Gasteiger partial charge in [0.1, 0.15) is 6.10 Å². The first-order valence-corrected chi connectivity index (χ1v) is 5.86. The van der Waals surface area contributed by atoms with Crippen LogP contribution < -0.4 is 22.3 Å². The first-order valence-electron chi connectivity index (χ1n) is 5.04. The molecule has 0 heterocycles. The smallest absolute Gasteiger partial charge is 0.184 e. The van der Waals surface area contributed by atoms with Gasteiger partial charge in [0.05, 0.1) is 24.6 Å². The third-order valence-electron chi connectivity index (χ3n) is 1.75. The first-order chi connectivity index (χ1) is 8.86. The quantitative estimate of drug-likeness (QED) is 0.148. The second-order valence-electron chi connectivity index (χ2n) is 3.33. The third kappa shape index (κ3) is 9.21. The van der Waals surface area contributed by atoms with Gasteiger partial charge in [-0.15, -0.1) is 0 Å². The maximum atomic E-state index is 9.55. The zero-order valence-corrected chi connectivity index (χ0v) is 11.5. The van der Waals surface area contributed by atoms with Crippen molar-refractivity contribution in [3.8, 4) is 0 Å². The molecule has 0 aromatic carbocycles. The highest BCUT2D eigenvalue weighted by molar-refractivity contribution is 7.80. The summed E-state index contributed by atoms with van der Waals surface area (Å²) in [5.41, 5.74) is 15.2. The van der Waals surface area contributed by atoms with Gasteiger partial charge in [-0.05, 0) is 24.4 Å². The zero-order chi connectivity index (χ0) is 14.8. The zero-order valence-electron chi connectivity index (χ0n) is 9.85. The molecule has 2 atom stereocenters. The van der Waals surface area contributed by atoms with Crippen molar-refractivity contribution in [1.82, 2.24) is 10.9 Å². The standard InChI is InChI=1S/C8H16N6O3S2/c9-7(18)13-11-2-4(12-14-8(10)19)1-5(16)6(17)3-15/h2,5-6,15-17H,1,3H2,(H3,9,13,18)(H3,10,14,19)/b11-2+,12-4+/t5-,6+/m0/s1. The molecule has 0 saturated carbocycles. The highest BCUT2D eigenvalue weighted by atomic mass is 32.1. The Balaban J connectivity index is 4.67. The highest BCUT2D eigenvalue weighted by Crippen LogP contribution is 1.99. The van der Waals surface area contributed by atoms with Gasteiger partial charge in [0.25, 0.3) is 0 Å². The fraction of sp³-hybridized carbons (Fsp3) is 0.500. The molecule has 19 heavy (non-hydrogen) atoms. The molecule has 0 spiro atoms. The van der Waals surface area contributed by atoms with Gasteiger partial charge in [0, 0.05) is 6.42 Å². The summed E-state index contributed by atoms with van der Waals surface area (Å²) in [4.78, 5) is 0. The summed E-state index contributed by atoms with van der Waals surface area (Å²) in [5.74, 6) is 0. The summed E-state index contributed by atoms with van der Waals surface area (Å²) in [6.07, 6.45) is -1.42. The van der Waals surface area contributed by atoms with Crippen molar-refractivity contribution in [2.75, 3.05) is 6.61 Å². The van der Waals surface area contributed by atoms with Gasteiger partial charge >= 0.3 is 0 Å². The lowest BCUT2D eigenvalue weighted by molar-refractivity contribution is -0.00974. The van der Waals surface area contributed by atoms with E-state index in [1.165, 1.54) is 6.21 Å². The third-order valence-corrected chi connectivity index (χ3v) is 1.93. The van der Waals surface area contributed by atoms with E-state index in [4.69, 9.17) is 16.6 Å². The SMILES string of the molecule is NC(=S)N/N=C/C(C[C@H](O)[C@H](O)CO)=N/NC(N)=S. The number of nitrogens with two attached hydrogens (primary N) is 2. The van der Waals surface area contributed by atoms with Crippen LogP contribution in [0.4, 0.5) is 0 Å². The van der Waals surface area contributed by atoms with Crippen LogP contribution in [0.5, 0.6) is 0 Å². The van der Waals surface area contributed by atoms with Crippen LogP contribution in [-0.2, 0) is 0 Å². The van der Waals surface area contributed by atoms with Gasteiger partial charge in [-0.2, -0.15) is 10.2 Å². The van der Waals surface area contributed by atoms with E-state index in [1.807, 2.05) is 0 Å². The second-order valence-corrected chi connectivity index (χ2v) is 4.21. The molecular formula is C8H16N6O3S2. The van der Waals surface area contributed by atoms with Crippen LogP contribution in [-0.4, -0.2) is 56.3 Å². The molecule has 0 fully saturated rings. The van der Waals surface area contributed by atoms with Crippen molar-refractivity contribution >= 4 is 46.6 Å². The van der Waals surface area contributed by atoms with Crippen LogP contribution in [0.2, 0.25) is 0 Å². The van der Waals surface area contributed by atoms with Crippen LogP contribution >= 0.6 is 24.4 Å². The van der Waals surface area contributed by atoms with Gasteiger partial charge in [-0.25, -0.2) is 0 Å². The largest absolute Gasteiger partial charge is 0.394 e. The Hall–Kier alpha value is -1.40. The Morgan fingerprint density at radius 1 is 1.16 bits per heavy atom. The molecule has 9 N–H and O–H groups in total. The normalized spacial score (nSPS) is 15.0. The minimum atomic E-state index is -1.30. The molecule has 0 radical (unpaired) electrons. The Bertz CT molecular complexity index is 375. The molecule has 9 nitrogen and oxygen atoms in total. The first kappa shape index (κ1) is 17.6. The van der Waals surface area contributed by atoms with Crippen LogP contribution in [0.1, 0.15) is 6.42 Å². The van der Waals surface area contributed by atoms with E-state index in [-0.39, 0.29) is 22.4 Å². The minimum absolute atomic E-state index is 0.0474. The van der Waals surface area contributed by atoms with Gasteiger partial charge in [0.2, 0.25) is 0 Å². The molecule has 0 aliphatic carbocycles. The fourth-order valence-corrected chi connectivity index (χ4v) is 0.995.